The summed E-state index contributed by atoms with van der Waals surface area (Å²) in [6.07, 6.45) is -1.40. The van der Waals surface area contributed by atoms with E-state index >= 15 is 0 Å². The first-order valence-corrected chi connectivity index (χ1v) is 9.09. The number of nitrogen functional groups attached to an aromatic ring is 1. The Morgan fingerprint density at radius 2 is 2.03 bits per heavy atom. The van der Waals surface area contributed by atoms with E-state index in [2.05, 4.69) is 15.0 Å². The molecule has 1 aliphatic heterocycles. The van der Waals surface area contributed by atoms with Crippen molar-refractivity contribution < 1.29 is 30.0 Å². The predicted molar refractivity (Wildman–Crippen MR) is 99.4 cm³/mol. The number of carboxylic acids is 1. The van der Waals surface area contributed by atoms with Gasteiger partial charge in [-0.05, 0) is 6.42 Å². The van der Waals surface area contributed by atoms with E-state index in [4.69, 9.17) is 21.3 Å². The van der Waals surface area contributed by atoms with Crippen molar-refractivity contribution in [3.63, 3.8) is 0 Å². The SMILES string of the molecule is Nc1ncnc2c1ncn2[C@@H]1O[C@H](CN(CCO)CC[C@H](N)C(=O)O)[C@@H](O)[C@H]1O. The van der Waals surface area contributed by atoms with E-state index in [9.17, 15) is 20.1 Å². The lowest BCUT2D eigenvalue weighted by atomic mass is 10.1. The molecule has 29 heavy (non-hydrogen) atoms. The molecule has 160 valence electrons. The number of carboxylic acid groups (broad SMARTS) is 1. The topological polar surface area (TPSA) is 206 Å². The number of imidazole rings is 1. The van der Waals surface area contributed by atoms with E-state index in [1.54, 1.807) is 4.90 Å². The van der Waals surface area contributed by atoms with Crippen molar-refractivity contribution in [3.05, 3.63) is 12.7 Å². The lowest BCUT2D eigenvalue weighted by molar-refractivity contribution is -0.138. The first kappa shape index (κ1) is 21.3. The van der Waals surface area contributed by atoms with Gasteiger partial charge in [-0.3, -0.25) is 14.3 Å². The zero-order valence-electron chi connectivity index (χ0n) is 15.6. The maximum Gasteiger partial charge on any atom is 0.320 e. The van der Waals surface area contributed by atoms with E-state index in [0.717, 1.165) is 0 Å². The van der Waals surface area contributed by atoms with Crippen molar-refractivity contribution in [2.75, 3.05) is 32.0 Å². The Balaban J connectivity index is 1.72. The summed E-state index contributed by atoms with van der Waals surface area (Å²) in [6.45, 7) is 0.501. The summed E-state index contributed by atoms with van der Waals surface area (Å²) in [4.78, 5) is 24.7. The van der Waals surface area contributed by atoms with E-state index in [-0.39, 0.29) is 38.5 Å². The van der Waals surface area contributed by atoms with Crippen molar-refractivity contribution in [3.8, 4) is 0 Å². The fraction of sp³-hybridized carbons (Fsp3) is 0.625. The number of anilines is 1. The summed E-state index contributed by atoms with van der Waals surface area (Å²) in [6, 6.07) is -1.04. The lowest BCUT2D eigenvalue weighted by Crippen LogP contribution is -2.43. The second-order valence-corrected chi connectivity index (χ2v) is 6.89. The van der Waals surface area contributed by atoms with Crippen LogP contribution >= 0.6 is 0 Å². The van der Waals surface area contributed by atoms with Crippen LogP contribution in [0.25, 0.3) is 11.2 Å². The smallest absolute Gasteiger partial charge is 0.320 e. The van der Waals surface area contributed by atoms with E-state index < -0.39 is 36.6 Å². The van der Waals surface area contributed by atoms with Crippen molar-refractivity contribution in [2.24, 2.45) is 5.73 Å². The van der Waals surface area contributed by atoms with Crippen LogP contribution in [-0.4, -0.2) is 101 Å². The second-order valence-electron chi connectivity index (χ2n) is 6.89. The Labute approximate surface area is 165 Å². The maximum atomic E-state index is 10.9. The number of nitrogens with two attached hydrogens (primary N) is 2. The number of aliphatic hydroxyl groups is 3. The average Bonchev–Trinajstić information content (AvgIpc) is 3.23. The van der Waals surface area contributed by atoms with Gasteiger partial charge in [-0.1, -0.05) is 0 Å². The third-order valence-corrected chi connectivity index (χ3v) is 4.93. The van der Waals surface area contributed by atoms with Crippen LogP contribution < -0.4 is 11.5 Å². The summed E-state index contributed by atoms with van der Waals surface area (Å²) in [7, 11) is 0. The molecule has 3 rings (SSSR count). The zero-order chi connectivity index (χ0) is 21.1. The molecule has 1 saturated heterocycles. The number of hydrogen-bond acceptors (Lipinski definition) is 11. The monoisotopic (exact) mass is 411 g/mol. The van der Waals surface area contributed by atoms with Gasteiger partial charge in [0.05, 0.1) is 12.9 Å². The second kappa shape index (κ2) is 8.94. The molecular formula is C16H25N7O6. The zero-order valence-corrected chi connectivity index (χ0v) is 15.6. The maximum absolute atomic E-state index is 10.9. The highest BCUT2D eigenvalue weighted by molar-refractivity contribution is 5.81. The van der Waals surface area contributed by atoms with Gasteiger partial charge in [0.15, 0.2) is 17.7 Å². The number of aliphatic carboxylic acids is 1. The quantitative estimate of drug-likeness (QED) is 0.246. The van der Waals surface area contributed by atoms with Gasteiger partial charge in [0.25, 0.3) is 0 Å². The fourth-order valence-electron chi connectivity index (χ4n) is 3.30. The van der Waals surface area contributed by atoms with Gasteiger partial charge in [0, 0.05) is 19.6 Å². The highest BCUT2D eigenvalue weighted by atomic mass is 16.6. The van der Waals surface area contributed by atoms with Crippen LogP contribution in [0.2, 0.25) is 0 Å². The molecule has 8 N–H and O–H groups in total. The van der Waals surface area contributed by atoms with Crippen molar-refractivity contribution >= 4 is 23.0 Å². The van der Waals surface area contributed by atoms with Gasteiger partial charge < -0.3 is 36.6 Å². The molecule has 3 heterocycles. The number of rotatable bonds is 9. The van der Waals surface area contributed by atoms with Gasteiger partial charge >= 0.3 is 5.97 Å². The van der Waals surface area contributed by atoms with E-state index in [1.165, 1.54) is 17.2 Å². The Morgan fingerprint density at radius 1 is 1.28 bits per heavy atom. The summed E-state index contributed by atoms with van der Waals surface area (Å²) < 4.78 is 7.33. The van der Waals surface area contributed by atoms with Gasteiger partial charge in [-0.15, -0.1) is 0 Å². The number of fused-ring (bicyclic) bond motifs is 1. The third-order valence-electron chi connectivity index (χ3n) is 4.93. The molecule has 0 saturated carbocycles. The number of ether oxygens (including phenoxy) is 1. The minimum absolute atomic E-state index is 0.158. The lowest BCUT2D eigenvalue weighted by Gasteiger charge is -2.26. The Kier molecular flexibility index (Phi) is 6.56. The van der Waals surface area contributed by atoms with Gasteiger partial charge in [0.1, 0.15) is 36.2 Å². The molecule has 2 aromatic rings. The minimum Gasteiger partial charge on any atom is -0.480 e. The van der Waals surface area contributed by atoms with Crippen LogP contribution in [0.3, 0.4) is 0 Å². The molecule has 0 spiro atoms. The van der Waals surface area contributed by atoms with Crippen molar-refractivity contribution in [2.45, 2.75) is 37.0 Å². The van der Waals surface area contributed by atoms with E-state index in [0.29, 0.717) is 11.2 Å². The first-order valence-electron chi connectivity index (χ1n) is 9.09. The van der Waals surface area contributed by atoms with Crippen LogP contribution in [0.5, 0.6) is 0 Å². The summed E-state index contributed by atoms with van der Waals surface area (Å²) in [5.74, 6) is -0.933. The molecule has 1 aliphatic rings. The molecule has 0 aromatic carbocycles. The Hall–Kier alpha value is -2.42. The number of aromatic nitrogens is 4. The third kappa shape index (κ3) is 4.44. The van der Waals surface area contributed by atoms with Crippen LogP contribution in [-0.2, 0) is 9.53 Å². The van der Waals surface area contributed by atoms with Gasteiger partial charge in [0.2, 0.25) is 0 Å². The van der Waals surface area contributed by atoms with E-state index in [1.807, 2.05) is 0 Å². The van der Waals surface area contributed by atoms with Crippen LogP contribution in [0.15, 0.2) is 12.7 Å². The predicted octanol–water partition coefficient (Wildman–Crippen LogP) is -2.88. The largest absolute Gasteiger partial charge is 0.480 e. The van der Waals surface area contributed by atoms with Crippen LogP contribution in [0.4, 0.5) is 5.82 Å². The molecule has 5 atom stereocenters. The molecule has 0 amide bonds. The van der Waals surface area contributed by atoms with Crippen molar-refractivity contribution in [1.29, 1.82) is 0 Å². The van der Waals surface area contributed by atoms with Crippen molar-refractivity contribution in [1.82, 2.24) is 24.4 Å². The molecule has 13 heteroatoms. The highest BCUT2D eigenvalue weighted by Gasteiger charge is 2.44. The van der Waals surface area contributed by atoms with Gasteiger partial charge in [-0.2, -0.15) is 0 Å². The molecule has 1 fully saturated rings. The average molecular weight is 411 g/mol. The Bertz CT molecular complexity index is 848. The molecule has 0 aliphatic carbocycles. The molecule has 2 aromatic heterocycles. The summed E-state index contributed by atoms with van der Waals surface area (Å²) in [5, 5.41) is 39.1. The van der Waals surface area contributed by atoms with Crippen LogP contribution in [0.1, 0.15) is 12.6 Å². The molecular weight excluding hydrogens is 386 g/mol. The number of hydrogen-bond donors (Lipinski definition) is 6. The standard InChI is InChI=1S/C16H25N7O6/c17-8(16(27)28)1-2-22(3-4-24)5-9-11(25)12(26)15(29-9)23-7-21-10-13(18)19-6-20-14(10)23/h6-9,11-12,15,24-26H,1-5,17H2,(H,27,28)(H2,18,19,20)/t8-,9+,11+,12+,15+/m0/s1. The molecule has 0 unspecified atom stereocenters. The van der Waals surface area contributed by atoms with Gasteiger partial charge in [-0.25, -0.2) is 15.0 Å². The molecule has 13 nitrogen and oxygen atoms in total. The summed E-state index contributed by atoms with van der Waals surface area (Å²) in [5.41, 5.74) is 12.0. The van der Waals surface area contributed by atoms with Crippen LogP contribution in [0, 0.1) is 0 Å². The Morgan fingerprint density at radius 3 is 2.72 bits per heavy atom. The molecule has 0 bridgehead atoms. The number of nitrogens with zero attached hydrogens (tertiary/aromatic N) is 5. The molecule has 0 radical (unpaired) electrons. The number of aliphatic hydroxyl groups excluding tert-OH is 3. The summed E-state index contributed by atoms with van der Waals surface area (Å²) >= 11 is 0. The fourth-order valence-corrected chi connectivity index (χ4v) is 3.30. The number of carbonyl (C=O) groups is 1. The minimum atomic E-state index is -1.26. The highest BCUT2D eigenvalue weighted by Crippen LogP contribution is 2.32. The normalized spacial score (nSPS) is 25.7. The first-order chi connectivity index (χ1) is 13.8.